The Morgan fingerprint density at radius 3 is 2.28 bits per heavy atom. The van der Waals surface area contributed by atoms with Crippen LogP contribution < -0.4 is 0 Å². The van der Waals surface area contributed by atoms with Crippen molar-refractivity contribution in [3.8, 4) is 0 Å². The maximum absolute atomic E-state index is 12.2. The third kappa shape index (κ3) is 6.41. The number of hydrogen-bond acceptors (Lipinski definition) is 2. The smallest absolute Gasteiger partial charge is 0.123 e. The summed E-state index contributed by atoms with van der Waals surface area (Å²) < 4.78 is 12.2. The largest absolute Gasteiger partial charge is 0.309 e. The number of benzene rings is 1. The van der Waals surface area contributed by atoms with E-state index in [1.54, 1.807) is 12.1 Å². The van der Waals surface area contributed by atoms with E-state index in [0.717, 1.165) is 11.7 Å². The third-order valence-corrected chi connectivity index (χ3v) is 4.43. The summed E-state index contributed by atoms with van der Waals surface area (Å²) in [4.78, 5) is 2.26. The highest BCUT2D eigenvalue weighted by Gasteiger charge is 2.17. The fourth-order valence-electron chi connectivity index (χ4n) is 1.63. The van der Waals surface area contributed by atoms with E-state index in [9.17, 15) is 4.39 Å². The molecule has 0 N–H and O–H groups in total. The van der Waals surface area contributed by atoms with Gasteiger partial charge < -0.3 is 4.90 Å². The minimum absolute atomic E-state index is 0.160. The van der Waals surface area contributed by atoms with Gasteiger partial charge in [0.25, 0.3) is 0 Å². The van der Waals surface area contributed by atoms with Crippen LogP contribution >= 0.6 is 11.8 Å². The first-order valence-corrected chi connectivity index (χ1v) is 7.67. The zero-order valence-corrected chi connectivity index (χ0v) is 12.5. The molecule has 1 aromatic carbocycles. The number of halogens is 1. The van der Waals surface area contributed by atoms with Crippen LogP contribution in [0, 0.1) is 5.82 Å². The van der Waals surface area contributed by atoms with Gasteiger partial charge in [0.2, 0.25) is 0 Å². The Morgan fingerprint density at radius 1 is 1.28 bits per heavy atom. The molecule has 1 aromatic rings. The number of aryl methyl sites for hydroxylation is 1. The van der Waals surface area contributed by atoms with Gasteiger partial charge in [0, 0.05) is 5.25 Å². The van der Waals surface area contributed by atoms with Gasteiger partial charge in [-0.05, 0) is 63.4 Å². The molecule has 18 heavy (non-hydrogen) atoms. The van der Waals surface area contributed by atoms with Gasteiger partial charge in [-0.3, -0.25) is 0 Å². The van der Waals surface area contributed by atoms with E-state index in [4.69, 9.17) is 0 Å². The topological polar surface area (TPSA) is 3.24 Å². The highest BCUT2D eigenvalue weighted by atomic mass is 32.2. The normalized spacial score (nSPS) is 17.9. The van der Waals surface area contributed by atoms with E-state index in [-0.39, 0.29) is 5.82 Å². The van der Waals surface area contributed by atoms with Crippen molar-refractivity contribution in [2.75, 3.05) is 26.4 Å². The summed E-state index contributed by atoms with van der Waals surface area (Å²) in [7, 11) is 4.28. The number of thioether (sulfide) groups is 1. The molecule has 1 heterocycles. The summed E-state index contributed by atoms with van der Waals surface area (Å²) in [5, 5.41) is 0.993. The summed E-state index contributed by atoms with van der Waals surface area (Å²) in [5.74, 6) is 1.24. The Balaban J connectivity index is 0.000000180. The van der Waals surface area contributed by atoms with Crippen LogP contribution in [0.3, 0.4) is 0 Å². The lowest BCUT2D eigenvalue weighted by Crippen LogP contribution is -2.22. The second kappa shape index (κ2) is 8.54. The molecule has 1 aliphatic rings. The number of nitrogens with zero attached hydrogens (tertiary/aromatic N) is 1. The van der Waals surface area contributed by atoms with Crippen LogP contribution in [0.2, 0.25) is 0 Å². The van der Waals surface area contributed by atoms with Crippen LogP contribution in [0.5, 0.6) is 0 Å². The molecule has 1 unspecified atom stereocenters. The second-order valence-electron chi connectivity index (χ2n) is 4.85. The van der Waals surface area contributed by atoms with E-state index >= 15 is 0 Å². The second-order valence-corrected chi connectivity index (χ2v) is 6.26. The Kier molecular flexibility index (Phi) is 7.36. The molecule has 1 atom stereocenters. The van der Waals surface area contributed by atoms with Crippen molar-refractivity contribution in [2.45, 2.75) is 31.4 Å². The van der Waals surface area contributed by atoms with Crippen LogP contribution in [0.25, 0.3) is 0 Å². The molecular weight excluding hydrogens is 245 g/mol. The van der Waals surface area contributed by atoms with Crippen molar-refractivity contribution in [2.24, 2.45) is 0 Å². The maximum atomic E-state index is 12.2. The lowest BCUT2D eigenvalue weighted by Gasteiger charge is -2.25. The lowest BCUT2D eigenvalue weighted by atomic mass is 10.2. The highest BCUT2D eigenvalue weighted by molar-refractivity contribution is 8.01. The average Bonchev–Trinajstić information content (AvgIpc) is 2.28. The molecule has 0 aromatic heterocycles. The monoisotopic (exact) mass is 269 g/mol. The first kappa shape index (κ1) is 15.5. The van der Waals surface area contributed by atoms with Gasteiger partial charge in [-0.1, -0.05) is 19.1 Å². The molecule has 0 amide bonds. The van der Waals surface area contributed by atoms with Gasteiger partial charge in [-0.25, -0.2) is 4.39 Å². The van der Waals surface area contributed by atoms with Crippen molar-refractivity contribution in [1.82, 2.24) is 4.90 Å². The van der Waals surface area contributed by atoms with E-state index in [0.29, 0.717) is 0 Å². The fourth-order valence-corrected chi connectivity index (χ4v) is 2.48. The SMILES string of the molecule is CCc1ccc(F)cc1.CN(C)CCC1CCS1. The van der Waals surface area contributed by atoms with Gasteiger partial charge >= 0.3 is 0 Å². The molecule has 0 radical (unpaired) electrons. The summed E-state index contributed by atoms with van der Waals surface area (Å²) >= 11 is 2.12. The van der Waals surface area contributed by atoms with Crippen molar-refractivity contribution in [3.05, 3.63) is 35.6 Å². The minimum atomic E-state index is -0.160. The summed E-state index contributed by atoms with van der Waals surface area (Å²) in [6.45, 7) is 3.31. The summed E-state index contributed by atoms with van der Waals surface area (Å²) in [6, 6.07) is 6.57. The predicted molar refractivity (Wildman–Crippen MR) is 79.8 cm³/mol. The fraction of sp³-hybridized carbons (Fsp3) is 0.600. The standard InChI is InChI=1S/C8H9F.C7H15NS/c1-2-7-3-5-8(9)6-4-7;1-8(2)5-3-7-4-6-9-7/h3-6H,2H2,1H3;7H,3-6H2,1-2H3. The quantitative estimate of drug-likeness (QED) is 0.817. The molecular formula is C15H24FNS. The third-order valence-electron chi connectivity index (χ3n) is 3.01. The first-order valence-electron chi connectivity index (χ1n) is 6.62. The van der Waals surface area contributed by atoms with Crippen LogP contribution in [-0.2, 0) is 6.42 Å². The molecule has 0 saturated carbocycles. The summed E-state index contributed by atoms with van der Waals surface area (Å²) in [5.41, 5.74) is 1.18. The average molecular weight is 269 g/mol. The number of rotatable bonds is 4. The molecule has 1 fully saturated rings. The molecule has 0 spiro atoms. The van der Waals surface area contributed by atoms with Crippen molar-refractivity contribution in [1.29, 1.82) is 0 Å². The number of hydrogen-bond donors (Lipinski definition) is 0. The highest BCUT2D eigenvalue weighted by Crippen LogP contribution is 2.30. The van der Waals surface area contributed by atoms with Crippen LogP contribution in [-0.4, -0.2) is 36.5 Å². The Hall–Kier alpha value is -0.540. The van der Waals surface area contributed by atoms with Gasteiger partial charge in [0.15, 0.2) is 0 Å². The van der Waals surface area contributed by atoms with Gasteiger partial charge in [-0.2, -0.15) is 11.8 Å². The Labute approximate surface area is 115 Å². The van der Waals surface area contributed by atoms with Gasteiger partial charge in [0.1, 0.15) is 5.82 Å². The molecule has 0 aliphatic carbocycles. The lowest BCUT2D eigenvalue weighted by molar-refractivity contribution is 0.394. The van der Waals surface area contributed by atoms with Crippen molar-refractivity contribution < 1.29 is 4.39 Å². The maximum Gasteiger partial charge on any atom is 0.123 e. The first-order chi connectivity index (χ1) is 8.61. The van der Waals surface area contributed by atoms with E-state index in [1.807, 2.05) is 6.92 Å². The van der Waals surface area contributed by atoms with Crippen LogP contribution in [0.4, 0.5) is 4.39 Å². The molecule has 1 saturated heterocycles. The van der Waals surface area contributed by atoms with Gasteiger partial charge in [0.05, 0.1) is 0 Å². The molecule has 102 valence electrons. The van der Waals surface area contributed by atoms with Crippen LogP contribution in [0.1, 0.15) is 25.3 Å². The molecule has 1 aliphatic heterocycles. The summed E-state index contributed by atoms with van der Waals surface area (Å²) in [6.07, 6.45) is 3.82. The molecule has 1 nitrogen and oxygen atoms in total. The molecule has 0 bridgehead atoms. The van der Waals surface area contributed by atoms with E-state index in [1.165, 1.54) is 42.8 Å². The Bertz CT molecular complexity index is 320. The van der Waals surface area contributed by atoms with Crippen LogP contribution in [0.15, 0.2) is 24.3 Å². The van der Waals surface area contributed by atoms with Crippen molar-refractivity contribution >= 4 is 11.8 Å². The van der Waals surface area contributed by atoms with E-state index in [2.05, 4.69) is 30.8 Å². The Morgan fingerprint density at radius 2 is 1.89 bits per heavy atom. The molecule has 3 heteroatoms. The minimum Gasteiger partial charge on any atom is -0.309 e. The zero-order chi connectivity index (χ0) is 13.4. The van der Waals surface area contributed by atoms with Crippen molar-refractivity contribution in [3.63, 3.8) is 0 Å². The predicted octanol–water partition coefficient (Wildman–Crippen LogP) is 3.83. The molecule has 2 rings (SSSR count). The van der Waals surface area contributed by atoms with E-state index < -0.39 is 0 Å². The zero-order valence-electron chi connectivity index (χ0n) is 11.7. The van der Waals surface area contributed by atoms with Gasteiger partial charge in [-0.15, -0.1) is 0 Å².